The van der Waals surface area contributed by atoms with Crippen LogP contribution < -0.4 is 36.8 Å². The molecule has 1 aliphatic heterocycles. The summed E-state index contributed by atoms with van der Waals surface area (Å²) in [5.74, 6) is 1.26. The molecule has 2 amide bonds. The van der Waals surface area contributed by atoms with Crippen molar-refractivity contribution >= 4 is 28.9 Å². The molecule has 170 valence electrons. The Labute approximate surface area is 196 Å². The molecule has 1 aromatic heterocycles. The van der Waals surface area contributed by atoms with Crippen LogP contribution in [0.4, 0.5) is 21.9 Å². The normalized spacial score (nSPS) is 14.8. The Kier molecular flexibility index (Phi) is 5.39. The number of nitrogens with zero attached hydrogens (tertiary/aromatic N) is 3. The van der Waals surface area contributed by atoms with E-state index in [1.807, 2.05) is 83.8 Å². The zero-order valence-corrected chi connectivity index (χ0v) is 18.5. The van der Waals surface area contributed by atoms with Crippen LogP contribution in [-0.2, 0) is 0 Å². The third kappa shape index (κ3) is 3.71. The molecule has 0 saturated heterocycles. The topological polar surface area (TPSA) is 110 Å². The number of anilines is 3. The summed E-state index contributed by atoms with van der Waals surface area (Å²) in [6.07, 6.45) is 1.13. The fourth-order valence-electron chi connectivity index (χ4n) is 4.05. The summed E-state index contributed by atoms with van der Waals surface area (Å²) in [4.78, 5) is 20.4. The van der Waals surface area contributed by atoms with Gasteiger partial charge in [0.1, 0.15) is 11.6 Å². The molecule has 0 spiro atoms. The minimum atomic E-state index is -0.572. The van der Waals surface area contributed by atoms with Crippen LogP contribution in [0.2, 0.25) is 0 Å². The minimum Gasteiger partial charge on any atom is -0.497 e. The lowest BCUT2D eigenvalue weighted by atomic mass is 10.1. The van der Waals surface area contributed by atoms with Crippen molar-refractivity contribution in [2.24, 2.45) is 16.5 Å². The number of furan rings is 1. The number of nitrogens with two attached hydrogens (primary N) is 2. The van der Waals surface area contributed by atoms with Gasteiger partial charge in [0, 0.05) is 5.69 Å². The molecular weight excluding hydrogens is 430 g/mol. The minimum absolute atomic E-state index is 0.447. The van der Waals surface area contributed by atoms with E-state index < -0.39 is 12.2 Å². The van der Waals surface area contributed by atoms with E-state index in [1.165, 1.54) is 4.90 Å². The first-order valence-electron chi connectivity index (χ1n) is 10.7. The van der Waals surface area contributed by atoms with Crippen LogP contribution >= 0.6 is 0 Å². The van der Waals surface area contributed by atoms with E-state index in [4.69, 9.17) is 25.6 Å². The number of hydrogen-bond acceptors (Lipinski definition) is 6. The second-order valence-electron chi connectivity index (χ2n) is 7.70. The molecule has 0 bridgehead atoms. The number of ether oxygens (including phenoxy) is 1. The average Bonchev–Trinajstić information content (AvgIpc) is 3.34. The van der Waals surface area contributed by atoms with Gasteiger partial charge in [0.05, 0.1) is 30.0 Å². The van der Waals surface area contributed by atoms with Crippen molar-refractivity contribution < 1.29 is 13.9 Å². The highest BCUT2D eigenvalue weighted by Gasteiger charge is 2.27. The number of methoxy groups -OCH3 is 1. The standard InChI is InChI=1S/C26H23N5O3/c1-33-21-13-7-17(8-14-21)24-29-25-22(15-16-34-25)23(27)31(24)20-11-9-19(10-12-20)30(26(28)32)18-5-3-2-4-6-18/h2-16,24H,27H2,1H3,(H2,28,32). The van der Waals surface area contributed by atoms with Crippen LogP contribution in [0.5, 0.6) is 5.75 Å². The SMILES string of the molecule is COc1ccc(C2N=c3occc3=C(N)N2c2ccc(N(C(N)=O)c3ccccc3)cc2)cc1. The quantitative estimate of drug-likeness (QED) is 0.481. The first kappa shape index (κ1) is 21.1. The highest BCUT2D eigenvalue weighted by molar-refractivity contribution is 5.98. The number of para-hydroxylation sites is 1. The Morgan fingerprint density at radius 3 is 2.29 bits per heavy atom. The number of carbonyl (C=O) groups excluding carboxylic acids is 1. The Bertz CT molecular complexity index is 1430. The van der Waals surface area contributed by atoms with Gasteiger partial charge in [0.25, 0.3) is 0 Å². The van der Waals surface area contributed by atoms with Crippen LogP contribution in [0.1, 0.15) is 11.7 Å². The number of hydrogen-bond donors (Lipinski definition) is 2. The summed E-state index contributed by atoms with van der Waals surface area (Å²) >= 11 is 0. The van der Waals surface area contributed by atoms with Crippen molar-refractivity contribution in [1.82, 2.24) is 0 Å². The summed E-state index contributed by atoms with van der Waals surface area (Å²) in [6.45, 7) is 0. The van der Waals surface area contributed by atoms with Gasteiger partial charge >= 0.3 is 6.03 Å². The van der Waals surface area contributed by atoms with Gasteiger partial charge in [-0.15, -0.1) is 0 Å². The van der Waals surface area contributed by atoms with Gasteiger partial charge in [-0.25, -0.2) is 9.79 Å². The lowest BCUT2D eigenvalue weighted by Gasteiger charge is -2.33. The third-order valence-electron chi connectivity index (χ3n) is 5.70. The number of rotatable bonds is 5. The largest absolute Gasteiger partial charge is 0.497 e. The lowest BCUT2D eigenvalue weighted by molar-refractivity contribution is 0.256. The van der Waals surface area contributed by atoms with Gasteiger partial charge in [-0.05, 0) is 60.2 Å². The van der Waals surface area contributed by atoms with E-state index in [9.17, 15) is 4.79 Å². The Hall–Kier alpha value is -4.72. The average molecular weight is 454 g/mol. The molecule has 0 aliphatic carbocycles. The van der Waals surface area contributed by atoms with Crippen LogP contribution in [0, 0.1) is 0 Å². The van der Waals surface area contributed by atoms with E-state index in [1.54, 1.807) is 19.4 Å². The molecule has 5 rings (SSSR count). The Morgan fingerprint density at radius 1 is 0.971 bits per heavy atom. The third-order valence-corrected chi connectivity index (χ3v) is 5.70. The van der Waals surface area contributed by atoms with E-state index in [0.717, 1.165) is 22.2 Å². The van der Waals surface area contributed by atoms with Crippen molar-refractivity contribution in [3.8, 4) is 5.75 Å². The molecule has 1 atom stereocenters. The molecule has 34 heavy (non-hydrogen) atoms. The fourth-order valence-corrected chi connectivity index (χ4v) is 4.05. The smallest absolute Gasteiger partial charge is 0.323 e. The van der Waals surface area contributed by atoms with E-state index >= 15 is 0 Å². The summed E-state index contributed by atoms with van der Waals surface area (Å²) in [7, 11) is 1.62. The molecule has 1 aliphatic rings. The Morgan fingerprint density at radius 2 is 1.65 bits per heavy atom. The van der Waals surface area contributed by atoms with Crippen molar-refractivity contribution in [2.75, 3.05) is 16.9 Å². The summed E-state index contributed by atoms with van der Waals surface area (Å²) in [5.41, 5.74) is 15.8. The summed E-state index contributed by atoms with van der Waals surface area (Å²) in [6, 6.07) is 25.5. The molecule has 8 nitrogen and oxygen atoms in total. The molecule has 0 saturated carbocycles. The fraction of sp³-hybridized carbons (Fsp3) is 0.0769. The van der Waals surface area contributed by atoms with E-state index in [2.05, 4.69) is 0 Å². The van der Waals surface area contributed by atoms with Crippen molar-refractivity contribution in [2.45, 2.75) is 6.17 Å². The highest BCUT2D eigenvalue weighted by Crippen LogP contribution is 2.34. The molecule has 0 fully saturated rings. The van der Waals surface area contributed by atoms with Crippen LogP contribution in [0.25, 0.3) is 5.82 Å². The number of carbonyl (C=O) groups is 1. The summed E-state index contributed by atoms with van der Waals surface area (Å²) in [5, 5.41) is 0.719. The molecule has 2 heterocycles. The van der Waals surface area contributed by atoms with Gasteiger partial charge in [0.15, 0.2) is 6.17 Å². The maximum absolute atomic E-state index is 12.2. The maximum Gasteiger partial charge on any atom is 0.323 e. The monoisotopic (exact) mass is 453 g/mol. The number of primary amides is 1. The summed E-state index contributed by atoms with van der Waals surface area (Å²) < 4.78 is 10.8. The molecule has 8 heteroatoms. The van der Waals surface area contributed by atoms with E-state index in [0.29, 0.717) is 22.7 Å². The first-order valence-corrected chi connectivity index (χ1v) is 10.7. The van der Waals surface area contributed by atoms with Crippen molar-refractivity contribution in [3.05, 3.63) is 108 Å². The first-order chi connectivity index (χ1) is 16.6. The van der Waals surface area contributed by atoms with Crippen LogP contribution in [0.15, 0.2) is 101 Å². The van der Waals surface area contributed by atoms with Crippen LogP contribution in [-0.4, -0.2) is 13.1 Å². The number of benzene rings is 3. The Balaban J connectivity index is 1.57. The molecule has 4 N–H and O–H groups in total. The number of urea groups is 1. The molecular formula is C26H23N5O3. The van der Waals surface area contributed by atoms with Gasteiger partial charge in [-0.2, -0.15) is 0 Å². The van der Waals surface area contributed by atoms with Gasteiger partial charge in [-0.3, -0.25) is 4.90 Å². The highest BCUT2D eigenvalue weighted by atomic mass is 16.5. The maximum atomic E-state index is 12.2. The number of fused-ring (bicyclic) bond motifs is 1. The molecule has 1 unspecified atom stereocenters. The molecule has 3 aromatic carbocycles. The van der Waals surface area contributed by atoms with Crippen molar-refractivity contribution in [3.63, 3.8) is 0 Å². The predicted octanol–water partition coefficient (Wildman–Crippen LogP) is 3.37. The van der Waals surface area contributed by atoms with Gasteiger partial charge < -0.3 is 25.5 Å². The lowest BCUT2D eigenvalue weighted by Crippen LogP contribution is -2.43. The van der Waals surface area contributed by atoms with Crippen LogP contribution in [0.3, 0.4) is 0 Å². The molecule has 0 radical (unpaired) electrons. The zero-order valence-electron chi connectivity index (χ0n) is 18.5. The van der Waals surface area contributed by atoms with Gasteiger partial charge in [-0.1, -0.05) is 30.3 Å². The van der Waals surface area contributed by atoms with Gasteiger partial charge in [0.2, 0.25) is 5.55 Å². The van der Waals surface area contributed by atoms with Crippen molar-refractivity contribution in [1.29, 1.82) is 0 Å². The zero-order chi connectivity index (χ0) is 23.7. The second kappa shape index (κ2) is 8.67. The second-order valence-corrected chi connectivity index (χ2v) is 7.70. The van der Waals surface area contributed by atoms with E-state index in [-0.39, 0.29) is 0 Å². The number of amides is 2. The molecule has 4 aromatic rings. The predicted molar refractivity (Wildman–Crippen MR) is 130 cm³/mol.